The molecule has 0 saturated heterocycles. The maximum absolute atomic E-state index is 11.5. The Morgan fingerprint density at radius 3 is 2.47 bits per heavy atom. The van der Waals surface area contributed by atoms with E-state index in [9.17, 15) is 4.79 Å². The zero-order valence-electron chi connectivity index (χ0n) is 9.76. The lowest BCUT2D eigenvalue weighted by Crippen LogP contribution is -2.58. The lowest BCUT2D eigenvalue weighted by molar-refractivity contribution is 0.0369. The van der Waals surface area contributed by atoms with E-state index >= 15 is 0 Å². The molecule has 0 aromatic rings. The predicted octanol–water partition coefficient (Wildman–Crippen LogP) is 2.20. The second-order valence-electron chi connectivity index (χ2n) is 5.15. The largest absolute Gasteiger partial charge is 0.444 e. The van der Waals surface area contributed by atoms with Gasteiger partial charge >= 0.3 is 6.09 Å². The maximum Gasteiger partial charge on any atom is 0.408 e. The molecule has 1 rings (SSSR count). The van der Waals surface area contributed by atoms with Crippen LogP contribution in [-0.2, 0) is 4.74 Å². The van der Waals surface area contributed by atoms with Crippen molar-refractivity contribution in [2.45, 2.75) is 51.7 Å². The van der Waals surface area contributed by atoms with Crippen LogP contribution in [0.3, 0.4) is 0 Å². The maximum atomic E-state index is 11.5. The van der Waals surface area contributed by atoms with Crippen LogP contribution in [0.1, 0.15) is 40.5 Å². The smallest absolute Gasteiger partial charge is 0.408 e. The summed E-state index contributed by atoms with van der Waals surface area (Å²) in [6, 6.07) is 2.17. The SMILES string of the molecule is CC1CCC1(C#N)NC(=O)OC(C)(C)C. The number of nitriles is 1. The first kappa shape index (κ1) is 11.8. The van der Waals surface area contributed by atoms with Crippen LogP contribution in [0, 0.1) is 17.2 Å². The molecule has 0 radical (unpaired) electrons. The number of carbonyl (C=O) groups excluding carboxylic acids is 1. The number of nitrogens with zero attached hydrogens (tertiary/aromatic N) is 1. The minimum Gasteiger partial charge on any atom is -0.444 e. The van der Waals surface area contributed by atoms with Crippen LogP contribution in [0.5, 0.6) is 0 Å². The van der Waals surface area contributed by atoms with Gasteiger partial charge < -0.3 is 10.1 Å². The second-order valence-corrected chi connectivity index (χ2v) is 5.15. The third-order valence-corrected chi connectivity index (χ3v) is 2.74. The van der Waals surface area contributed by atoms with Crippen LogP contribution >= 0.6 is 0 Å². The van der Waals surface area contributed by atoms with Gasteiger partial charge in [0.25, 0.3) is 0 Å². The molecule has 4 heteroatoms. The molecule has 1 saturated carbocycles. The van der Waals surface area contributed by atoms with Gasteiger partial charge in [0.15, 0.2) is 0 Å². The number of hydrogen-bond acceptors (Lipinski definition) is 3. The number of alkyl carbamates (subject to hydrolysis) is 1. The van der Waals surface area contributed by atoms with Crippen LogP contribution in [0.2, 0.25) is 0 Å². The van der Waals surface area contributed by atoms with Gasteiger partial charge in [0.1, 0.15) is 11.1 Å². The molecule has 1 amide bonds. The highest BCUT2D eigenvalue weighted by Gasteiger charge is 2.46. The summed E-state index contributed by atoms with van der Waals surface area (Å²) in [7, 11) is 0. The number of amides is 1. The average Bonchev–Trinajstić information content (AvgIpc) is 2.08. The standard InChI is InChI=1S/C11H18N2O2/c1-8-5-6-11(8,7-12)13-9(14)15-10(2,3)4/h8H,5-6H2,1-4H3,(H,13,14). The average molecular weight is 210 g/mol. The first-order valence-corrected chi connectivity index (χ1v) is 5.21. The van der Waals surface area contributed by atoms with Crippen LogP contribution in [0.4, 0.5) is 4.79 Å². The van der Waals surface area contributed by atoms with Gasteiger partial charge in [0.05, 0.1) is 6.07 Å². The quantitative estimate of drug-likeness (QED) is 0.721. The van der Waals surface area contributed by atoms with E-state index in [4.69, 9.17) is 10.00 Å². The second kappa shape index (κ2) is 3.73. The van der Waals surface area contributed by atoms with Crippen molar-refractivity contribution in [2.24, 2.45) is 5.92 Å². The van der Waals surface area contributed by atoms with Gasteiger partial charge in [-0.25, -0.2) is 4.79 Å². The number of nitrogens with one attached hydrogen (secondary N) is 1. The minimum atomic E-state index is -0.706. The monoisotopic (exact) mass is 210 g/mol. The van der Waals surface area contributed by atoms with Gasteiger partial charge in [-0.2, -0.15) is 5.26 Å². The van der Waals surface area contributed by atoms with E-state index < -0.39 is 17.2 Å². The molecular formula is C11H18N2O2. The van der Waals surface area contributed by atoms with Gasteiger partial charge in [0.2, 0.25) is 0 Å². The van der Waals surface area contributed by atoms with Crippen molar-refractivity contribution < 1.29 is 9.53 Å². The Hall–Kier alpha value is -1.24. The Morgan fingerprint density at radius 2 is 2.20 bits per heavy atom. The molecule has 1 aliphatic rings. The summed E-state index contributed by atoms with van der Waals surface area (Å²) in [4.78, 5) is 11.5. The van der Waals surface area contributed by atoms with E-state index in [1.54, 1.807) is 20.8 Å². The van der Waals surface area contributed by atoms with E-state index in [0.29, 0.717) is 6.42 Å². The third kappa shape index (κ3) is 2.62. The molecular weight excluding hydrogens is 192 g/mol. The van der Waals surface area contributed by atoms with Gasteiger partial charge in [-0.3, -0.25) is 0 Å². The molecule has 15 heavy (non-hydrogen) atoms. The first-order valence-electron chi connectivity index (χ1n) is 5.21. The molecule has 2 unspecified atom stereocenters. The summed E-state index contributed by atoms with van der Waals surface area (Å²) in [5.74, 6) is 0.204. The van der Waals surface area contributed by atoms with Crippen molar-refractivity contribution >= 4 is 6.09 Å². The van der Waals surface area contributed by atoms with Crippen molar-refractivity contribution in [1.29, 1.82) is 5.26 Å². The molecule has 84 valence electrons. The zero-order valence-corrected chi connectivity index (χ0v) is 9.76. The van der Waals surface area contributed by atoms with Gasteiger partial charge in [-0.05, 0) is 39.5 Å². The molecule has 0 aliphatic heterocycles. The number of carbonyl (C=O) groups is 1. The van der Waals surface area contributed by atoms with Gasteiger partial charge in [-0.15, -0.1) is 0 Å². The Labute approximate surface area is 90.6 Å². The third-order valence-electron chi connectivity index (χ3n) is 2.74. The normalized spacial score (nSPS) is 29.9. The van der Waals surface area contributed by atoms with E-state index in [1.807, 2.05) is 6.92 Å². The summed E-state index contributed by atoms with van der Waals surface area (Å²) in [6.45, 7) is 7.37. The van der Waals surface area contributed by atoms with Gasteiger partial charge in [0, 0.05) is 0 Å². The number of hydrogen-bond donors (Lipinski definition) is 1. The van der Waals surface area contributed by atoms with E-state index in [-0.39, 0.29) is 5.92 Å². The summed E-state index contributed by atoms with van der Waals surface area (Å²) < 4.78 is 5.12. The lowest BCUT2D eigenvalue weighted by atomic mass is 9.68. The molecule has 4 nitrogen and oxygen atoms in total. The Kier molecular flexibility index (Phi) is 2.94. The number of ether oxygens (including phenoxy) is 1. The molecule has 1 aliphatic carbocycles. The van der Waals surface area contributed by atoms with Crippen molar-refractivity contribution in [1.82, 2.24) is 5.32 Å². The lowest BCUT2D eigenvalue weighted by Gasteiger charge is -2.42. The van der Waals surface area contributed by atoms with E-state index in [2.05, 4.69) is 11.4 Å². The molecule has 0 aromatic heterocycles. The molecule has 0 heterocycles. The molecule has 1 fully saturated rings. The minimum absolute atomic E-state index is 0.204. The van der Waals surface area contributed by atoms with E-state index in [0.717, 1.165) is 6.42 Å². The summed E-state index contributed by atoms with van der Waals surface area (Å²) in [5, 5.41) is 11.7. The van der Waals surface area contributed by atoms with Crippen LogP contribution in [0.25, 0.3) is 0 Å². The molecule has 0 spiro atoms. The Bertz CT molecular complexity index is 301. The van der Waals surface area contributed by atoms with Crippen molar-refractivity contribution in [3.8, 4) is 6.07 Å². The van der Waals surface area contributed by atoms with Crippen LogP contribution < -0.4 is 5.32 Å². The topological polar surface area (TPSA) is 62.1 Å². The zero-order chi connectivity index (χ0) is 11.7. The van der Waals surface area contributed by atoms with Crippen LogP contribution in [0.15, 0.2) is 0 Å². The summed E-state index contributed by atoms with van der Waals surface area (Å²) >= 11 is 0. The van der Waals surface area contributed by atoms with Gasteiger partial charge in [-0.1, -0.05) is 6.92 Å². The highest BCUT2D eigenvalue weighted by atomic mass is 16.6. The number of rotatable bonds is 1. The summed E-state index contributed by atoms with van der Waals surface area (Å²) in [5.41, 5.74) is -1.23. The first-order chi connectivity index (χ1) is 6.79. The fraction of sp³-hybridized carbons (Fsp3) is 0.818. The van der Waals surface area contributed by atoms with Crippen molar-refractivity contribution in [3.05, 3.63) is 0 Å². The summed E-state index contributed by atoms with van der Waals surface area (Å²) in [6.07, 6.45) is 1.18. The van der Waals surface area contributed by atoms with E-state index in [1.165, 1.54) is 0 Å². The highest BCUT2D eigenvalue weighted by Crippen LogP contribution is 2.37. The fourth-order valence-electron chi connectivity index (χ4n) is 1.59. The fourth-order valence-corrected chi connectivity index (χ4v) is 1.59. The molecule has 0 aromatic carbocycles. The van der Waals surface area contributed by atoms with Crippen LogP contribution in [-0.4, -0.2) is 17.2 Å². The van der Waals surface area contributed by atoms with Crippen molar-refractivity contribution in [2.75, 3.05) is 0 Å². The highest BCUT2D eigenvalue weighted by molar-refractivity contribution is 5.69. The molecule has 1 N–H and O–H groups in total. The predicted molar refractivity (Wildman–Crippen MR) is 56.1 cm³/mol. The Balaban J connectivity index is 2.55. The molecule has 0 bridgehead atoms. The molecule has 2 atom stereocenters. The Morgan fingerprint density at radius 1 is 1.60 bits per heavy atom. The van der Waals surface area contributed by atoms with Crippen molar-refractivity contribution in [3.63, 3.8) is 0 Å².